The lowest BCUT2D eigenvalue weighted by Crippen LogP contribution is -1.99. The number of nitrogens with zero attached hydrogens (tertiary/aromatic N) is 2. The lowest BCUT2D eigenvalue weighted by molar-refractivity contribution is -0.385. The fraction of sp³-hybridized carbons (Fsp3) is 0.0714. The van der Waals surface area contributed by atoms with Crippen molar-refractivity contribution in [3.8, 4) is 11.8 Å². The van der Waals surface area contributed by atoms with Crippen LogP contribution in [0.3, 0.4) is 0 Å². The minimum atomic E-state index is -0.470. The number of benzene rings is 2. The smallest absolute Gasteiger partial charge is 0.283 e. The molecule has 0 N–H and O–H groups in total. The van der Waals surface area contributed by atoms with Crippen molar-refractivity contribution in [1.82, 2.24) is 0 Å². The summed E-state index contributed by atoms with van der Waals surface area (Å²) in [5.74, 6) is 0.411. The number of nitriles is 1. The van der Waals surface area contributed by atoms with Crippen LogP contribution in [0.25, 0.3) is 0 Å². The molecule has 0 aliphatic rings. The van der Waals surface area contributed by atoms with Crippen LogP contribution in [-0.2, 0) is 6.61 Å². The molecule has 0 aliphatic carbocycles. The van der Waals surface area contributed by atoms with E-state index in [1.807, 2.05) is 6.07 Å². The second-order valence-electron chi connectivity index (χ2n) is 4.05. The lowest BCUT2D eigenvalue weighted by Gasteiger charge is -2.09. The summed E-state index contributed by atoms with van der Waals surface area (Å²) in [6.07, 6.45) is 0. The van der Waals surface area contributed by atoms with Crippen LogP contribution in [0.5, 0.6) is 5.75 Å². The monoisotopic (exact) mass is 366 g/mol. The Balaban J connectivity index is 2.19. The van der Waals surface area contributed by atoms with Gasteiger partial charge in [0.2, 0.25) is 0 Å². The predicted octanol–water partition coefficient (Wildman–Crippen LogP) is 4.46. The third-order valence-electron chi connectivity index (χ3n) is 2.70. The molecule has 2 rings (SSSR count). The molecular weight excluding hydrogens is 360 g/mol. The van der Waals surface area contributed by atoms with Crippen LogP contribution < -0.4 is 4.74 Å². The van der Waals surface area contributed by atoms with Gasteiger partial charge in [0.25, 0.3) is 5.69 Å². The van der Waals surface area contributed by atoms with E-state index in [-0.39, 0.29) is 12.3 Å². The number of nitro benzene ring substituents is 1. The van der Waals surface area contributed by atoms with Crippen LogP contribution in [0, 0.1) is 21.4 Å². The molecule has 7 heteroatoms. The van der Waals surface area contributed by atoms with E-state index in [2.05, 4.69) is 15.9 Å². The maximum Gasteiger partial charge on any atom is 0.283 e. The summed E-state index contributed by atoms with van der Waals surface area (Å²) in [7, 11) is 0. The highest BCUT2D eigenvalue weighted by molar-refractivity contribution is 9.10. The normalized spacial score (nSPS) is 9.95. The van der Waals surface area contributed by atoms with E-state index in [9.17, 15) is 10.1 Å². The summed E-state index contributed by atoms with van der Waals surface area (Å²) < 4.78 is 5.92. The Kier molecular flexibility index (Phi) is 4.78. The highest BCUT2D eigenvalue weighted by Crippen LogP contribution is 2.31. The maximum absolute atomic E-state index is 10.9. The first-order valence-electron chi connectivity index (χ1n) is 5.77. The Morgan fingerprint density at radius 1 is 1.38 bits per heavy atom. The molecular formula is C14H8BrClN2O3. The zero-order valence-electron chi connectivity index (χ0n) is 10.5. The van der Waals surface area contributed by atoms with Crippen LogP contribution in [-0.4, -0.2) is 4.92 Å². The molecule has 0 spiro atoms. The highest BCUT2D eigenvalue weighted by atomic mass is 79.9. The molecule has 21 heavy (non-hydrogen) atoms. The van der Waals surface area contributed by atoms with Crippen molar-refractivity contribution in [2.24, 2.45) is 0 Å². The Bertz CT molecular complexity index is 743. The first-order valence-corrected chi connectivity index (χ1v) is 6.94. The average Bonchev–Trinajstić information content (AvgIpc) is 2.46. The van der Waals surface area contributed by atoms with Crippen molar-refractivity contribution < 1.29 is 9.66 Å². The van der Waals surface area contributed by atoms with Crippen molar-refractivity contribution in [3.05, 3.63) is 67.1 Å². The first kappa shape index (κ1) is 15.3. The topological polar surface area (TPSA) is 76.2 Å². The van der Waals surface area contributed by atoms with E-state index in [4.69, 9.17) is 21.6 Å². The molecule has 0 aliphatic heterocycles. The third kappa shape index (κ3) is 3.51. The summed E-state index contributed by atoms with van der Waals surface area (Å²) in [6.45, 7) is 0.119. The van der Waals surface area contributed by atoms with Gasteiger partial charge in [0.15, 0.2) is 0 Å². The molecule has 0 radical (unpaired) electrons. The van der Waals surface area contributed by atoms with Gasteiger partial charge in [-0.2, -0.15) is 5.26 Å². The van der Waals surface area contributed by atoms with Gasteiger partial charge >= 0.3 is 0 Å². The summed E-state index contributed by atoms with van der Waals surface area (Å²) in [5, 5.41) is 19.9. The van der Waals surface area contributed by atoms with E-state index in [0.29, 0.717) is 26.4 Å². The van der Waals surface area contributed by atoms with E-state index >= 15 is 0 Å². The Morgan fingerprint density at radius 2 is 2.14 bits per heavy atom. The zero-order valence-corrected chi connectivity index (χ0v) is 12.9. The largest absolute Gasteiger partial charge is 0.487 e. The molecule has 0 fully saturated rings. The Morgan fingerprint density at radius 3 is 2.76 bits per heavy atom. The second-order valence-corrected chi connectivity index (χ2v) is 5.25. The summed E-state index contributed by atoms with van der Waals surface area (Å²) in [5.41, 5.74) is 1.04. The van der Waals surface area contributed by atoms with Gasteiger partial charge in [0, 0.05) is 11.6 Å². The van der Waals surface area contributed by atoms with Gasteiger partial charge in [-0.25, -0.2) is 0 Å². The number of hydrogen-bond donors (Lipinski definition) is 0. The minimum absolute atomic E-state index is 0.0259. The van der Waals surface area contributed by atoms with Crippen molar-refractivity contribution in [2.45, 2.75) is 6.61 Å². The Hall–Kier alpha value is -2.10. The summed E-state index contributed by atoms with van der Waals surface area (Å²) in [6, 6.07) is 11.4. The molecule has 0 heterocycles. The van der Waals surface area contributed by atoms with Gasteiger partial charge in [-0.15, -0.1) is 0 Å². The van der Waals surface area contributed by atoms with Crippen molar-refractivity contribution in [1.29, 1.82) is 5.26 Å². The van der Waals surface area contributed by atoms with E-state index in [1.165, 1.54) is 12.1 Å². The van der Waals surface area contributed by atoms with Crippen LogP contribution in [0.1, 0.15) is 11.1 Å². The molecule has 0 aromatic heterocycles. The molecule has 0 atom stereocenters. The minimum Gasteiger partial charge on any atom is -0.487 e. The molecule has 2 aromatic rings. The zero-order chi connectivity index (χ0) is 15.4. The van der Waals surface area contributed by atoms with Crippen LogP contribution >= 0.6 is 27.5 Å². The molecule has 0 unspecified atom stereocenters. The lowest BCUT2D eigenvalue weighted by atomic mass is 10.2. The fourth-order valence-electron chi connectivity index (χ4n) is 1.66. The van der Waals surface area contributed by atoms with Gasteiger partial charge in [0.05, 0.1) is 21.6 Å². The number of hydrogen-bond acceptors (Lipinski definition) is 4. The van der Waals surface area contributed by atoms with Crippen LogP contribution in [0.2, 0.25) is 5.02 Å². The molecule has 0 bridgehead atoms. The first-order chi connectivity index (χ1) is 10.0. The molecule has 5 nitrogen and oxygen atoms in total. The quantitative estimate of drug-likeness (QED) is 0.590. The number of ether oxygens (including phenoxy) is 1. The molecule has 106 valence electrons. The second kappa shape index (κ2) is 6.57. The standard InChI is InChI=1S/C14H8BrClN2O3/c15-14-10(2-1-3-12(14)18(19)20)8-21-13-5-4-9(7-17)6-11(13)16/h1-6H,8H2. The highest BCUT2D eigenvalue weighted by Gasteiger charge is 2.15. The van der Waals surface area contributed by atoms with E-state index in [1.54, 1.807) is 24.3 Å². The van der Waals surface area contributed by atoms with E-state index in [0.717, 1.165) is 0 Å². The third-order valence-corrected chi connectivity index (χ3v) is 3.91. The van der Waals surface area contributed by atoms with E-state index < -0.39 is 4.92 Å². The fourth-order valence-corrected chi connectivity index (χ4v) is 2.42. The van der Waals surface area contributed by atoms with Gasteiger partial charge in [-0.05, 0) is 34.1 Å². The van der Waals surface area contributed by atoms with Crippen molar-refractivity contribution in [2.75, 3.05) is 0 Å². The average molecular weight is 368 g/mol. The van der Waals surface area contributed by atoms with Crippen molar-refractivity contribution >= 4 is 33.2 Å². The number of halogens is 2. The molecule has 0 saturated carbocycles. The van der Waals surface area contributed by atoms with Gasteiger partial charge in [-0.3, -0.25) is 10.1 Å². The summed E-state index contributed by atoms with van der Waals surface area (Å²) >= 11 is 9.20. The Labute approximate surface area is 134 Å². The molecule has 2 aromatic carbocycles. The number of rotatable bonds is 4. The van der Waals surface area contributed by atoms with Gasteiger partial charge in [0.1, 0.15) is 16.8 Å². The van der Waals surface area contributed by atoms with Gasteiger partial charge < -0.3 is 4.74 Å². The van der Waals surface area contributed by atoms with Crippen molar-refractivity contribution in [3.63, 3.8) is 0 Å². The SMILES string of the molecule is N#Cc1ccc(OCc2cccc([N+](=O)[O-])c2Br)c(Cl)c1. The molecule has 0 amide bonds. The molecule has 0 saturated heterocycles. The summed E-state index contributed by atoms with van der Waals surface area (Å²) in [4.78, 5) is 10.4. The number of nitro groups is 1. The predicted molar refractivity (Wildman–Crippen MR) is 81.3 cm³/mol. The van der Waals surface area contributed by atoms with Crippen LogP contribution in [0.15, 0.2) is 40.9 Å². The van der Waals surface area contributed by atoms with Gasteiger partial charge in [-0.1, -0.05) is 23.7 Å². The maximum atomic E-state index is 10.9. The van der Waals surface area contributed by atoms with Crippen LogP contribution in [0.4, 0.5) is 5.69 Å².